The summed E-state index contributed by atoms with van der Waals surface area (Å²) in [7, 11) is 0. The van der Waals surface area contributed by atoms with Crippen LogP contribution >= 0.6 is 0 Å². The molecule has 0 saturated carbocycles. The maximum Gasteiger partial charge on any atom is 0.365 e. The molecule has 0 aliphatic carbocycles. The number of oxime groups is 1. The fourth-order valence-electron chi connectivity index (χ4n) is 1.70. The second-order valence-corrected chi connectivity index (χ2v) is 4.13. The third-order valence-corrected chi connectivity index (χ3v) is 2.72. The third-order valence-electron chi connectivity index (χ3n) is 2.72. The van der Waals surface area contributed by atoms with E-state index >= 15 is 0 Å². The second kappa shape index (κ2) is 6.88. The molecule has 0 bridgehead atoms. The molecule has 0 aromatic heterocycles. The van der Waals surface area contributed by atoms with Crippen LogP contribution in [0.15, 0.2) is 64.9 Å². The number of benzene rings is 2. The summed E-state index contributed by atoms with van der Waals surface area (Å²) in [5, 5.41) is 7.37. The molecule has 0 atom stereocenters. The van der Waals surface area contributed by atoms with E-state index in [1.807, 2.05) is 0 Å². The smallest absolute Gasteiger partial charge is 0.313 e. The van der Waals surface area contributed by atoms with Crippen LogP contribution in [0.1, 0.15) is 22.8 Å². The fraction of sp³-hybridized carbons (Fsp3) is 0.0667. The Morgan fingerprint density at radius 2 is 1.76 bits per heavy atom. The summed E-state index contributed by atoms with van der Waals surface area (Å²) in [5.41, 5.74) is 10.4. The Labute approximate surface area is 121 Å². The number of hydrogen-bond donors (Lipinski definition) is 0. The van der Waals surface area contributed by atoms with E-state index in [9.17, 15) is 4.79 Å². The van der Waals surface area contributed by atoms with Gasteiger partial charge in [0.15, 0.2) is 0 Å². The van der Waals surface area contributed by atoms with Gasteiger partial charge in [-0.1, -0.05) is 52.7 Å². The average molecular weight is 280 g/mol. The predicted octanol–water partition coefficient (Wildman–Crippen LogP) is 4.21. The molecule has 2 aromatic rings. The van der Waals surface area contributed by atoms with Gasteiger partial charge in [-0.05, 0) is 24.6 Å². The van der Waals surface area contributed by atoms with E-state index in [4.69, 9.17) is 10.4 Å². The third kappa shape index (κ3) is 3.68. The molecule has 0 spiro atoms. The van der Waals surface area contributed by atoms with Crippen LogP contribution in [0.2, 0.25) is 0 Å². The van der Waals surface area contributed by atoms with Gasteiger partial charge in [0.2, 0.25) is 0 Å². The van der Waals surface area contributed by atoms with Crippen molar-refractivity contribution >= 4 is 17.4 Å². The highest BCUT2D eigenvalue weighted by Crippen LogP contribution is 2.19. The van der Waals surface area contributed by atoms with Crippen molar-refractivity contribution in [3.8, 4) is 0 Å². The molecule has 0 aliphatic heterocycles. The molecule has 0 unspecified atom stereocenters. The molecule has 0 heterocycles. The Bertz CT molecular complexity index is 719. The van der Waals surface area contributed by atoms with E-state index < -0.39 is 5.97 Å². The van der Waals surface area contributed by atoms with Crippen LogP contribution in [-0.4, -0.2) is 11.7 Å². The Hall–Kier alpha value is -3.11. The first-order chi connectivity index (χ1) is 10.2. The summed E-state index contributed by atoms with van der Waals surface area (Å²) in [6.45, 7) is 1.67. The van der Waals surface area contributed by atoms with Gasteiger partial charge in [0.05, 0.1) is 11.3 Å². The van der Waals surface area contributed by atoms with E-state index in [0.717, 1.165) is 0 Å². The molecule has 0 amide bonds. The number of azide groups is 1. The highest BCUT2D eigenvalue weighted by Gasteiger charge is 2.08. The van der Waals surface area contributed by atoms with Crippen LogP contribution in [0.3, 0.4) is 0 Å². The monoisotopic (exact) mass is 280 g/mol. The lowest BCUT2D eigenvalue weighted by Crippen LogP contribution is -2.03. The maximum atomic E-state index is 11.8. The molecule has 2 rings (SSSR count). The second-order valence-electron chi connectivity index (χ2n) is 4.13. The maximum absolute atomic E-state index is 11.8. The molecular formula is C15H12N4O2. The average Bonchev–Trinajstić information content (AvgIpc) is 2.54. The topological polar surface area (TPSA) is 87.4 Å². The number of rotatable bonds is 4. The molecule has 2 aromatic carbocycles. The van der Waals surface area contributed by atoms with Gasteiger partial charge in [-0.3, -0.25) is 0 Å². The summed E-state index contributed by atoms with van der Waals surface area (Å²) in [6, 6.07) is 15.5. The summed E-state index contributed by atoms with van der Waals surface area (Å²) in [5.74, 6) is -0.545. The van der Waals surface area contributed by atoms with Crippen molar-refractivity contribution in [3.05, 3.63) is 76.2 Å². The lowest BCUT2D eigenvalue weighted by atomic mass is 10.1. The fourth-order valence-corrected chi connectivity index (χ4v) is 1.70. The van der Waals surface area contributed by atoms with E-state index in [0.29, 0.717) is 22.5 Å². The SMILES string of the molecule is C/C(=N\OC(=O)c1ccccc1)c1ccccc1N=[N+]=[N-]. The minimum atomic E-state index is -0.545. The van der Waals surface area contributed by atoms with Crippen LogP contribution in [0.4, 0.5) is 5.69 Å². The van der Waals surface area contributed by atoms with E-state index in [-0.39, 0.29) is 0 Å². The summed E-state index contributed by atoms with van der Waals surface area (Å²) < 4.78 is 0. The van der Waals surface area contributed by atoms with Crippen LogP contribution < -0.4 is 0 Å². The van der Waals surface area contributed by atoms with E-state index in [2.05, 4.69) is 15.2 Å². The zero-order valence-electron chi connectivity index (χ0n) is 11.3. The van der Waals surface area contributed by atoms with Gasteiger partial charge in [-0.2, -0.15) is 0 Å². The number of carbonyl (C=O) groups is 1. The largest absolute Gasteiger partial charge is 0.365 e. The predicted molar refractivity (Wildman–Crippen MR) is 79.3 cm³/mol. The van der Waals surface area contributed by atoms with Gasteiger partial charge in [0, 0.05) is 16.2 Å². The standard InChI is InChI=1S/C15H12N4O2/c1-11(13-9-5-6-10-14(13)17-19-16)18-21-15(20)12-7-3-2-4-8-12/h2-10H,1H3/b18-11+. The first-order valence-corrected chi connectivity index (χ1v) is 6.18. The van der Waals surface area contributed by atoms with Crippen molar-refractivity contribution < 1.29 is 9.63 Å². The van der Waals surface area contributed by atoms with Gasteiger partial charge in [-0.25, -0.2) is 4.79 Å². The van der Waals surface area contributed by atoms with Gasteiger partial charge >= 0.3 is 5.97 Å². The van der Waals surface area contributed by atoms with Crippen LogP contribution in [0, 0.1) is 0 Å². The van der Waals surface area contributed by atoms with Crippen molar-refractivity contribution in [2.75, 3.05) is 0 Å². The first-order valence-electron chi connectivity index (χ1n) is 6.18. The number of carbonyl (C=O) groups excluding carboxylic acids is 1. The Morgan fingerprint density at radius 1 is 1.10 bits per heavy atom. The zero-order valence-corrected chi connectivity index (χ0v) is 11.3. The lowest BCUT2D eigenvalue weighted by molar-refractivity contribution is 0.0516. The molecule has 104 valence electrons. The van der Waals surface area contributed by atoms with E-state index in [1.54, 1.807) is 61.5 Å². The zero-order chi connectivity index (χ0) is 15.1. The lowest BCUT2D eigenvalue weighted by Gasteiger charge is -2.04. The van der Waals surface area contributed by atoms with Gasteiger partial charge in [0.1, 0.15) is 0 Å². The summed E-state index contributed by atoms with van der Waals surface area (Å²) in [4.78, 5) is 19.4. The van der Waals surface area contributed by atoms with Crippen molar-refractivity contribution in [2.24, 2.45) is 10.3 Å². The number of hydrogen-bond acceptors (Lipinski definition) is 4. The van der Waals surface area contributed by atoms with Crippen molar-refractivity contribution in [2.45, 2.75) is 6.92 Å². The highest BCUT2D eigenvalue weighted by molar-refractivity contribution is 6.03. The Balaban J connectivity index is 2.19. The van der Waals surface area contributed by atoms with Gasteiger partial charge in [-0.15, -0.1) is 0 Å². The Kier molecular flexibility index (Phi) is 4.69. The van der Waals surface area contributed by atoms with Crippen LogP contribution in [-0.2, 0) is 4.84 Å². The van der Waals surface area contributed by atoms with Crippen molar-refractivity contribution in [1.29, 1.82) is 0 Å². The van der Waals surface area contributed by atoms with Crippen LogP contribution in [0.5, 0.6) is 0 Å². The molecule has 6 heteroatoms. The molecule has 0 aliphatic rings. The number of nitrogens with zero attached hydrogens (tertiary/aromatic N) is 4. The Morgan fingerprint density at radius 3 is 2.48 bits per heavy atom. The molecule has 0 radical (unpaired) electrons. The van der Waals surface area contributed by atoms with Gasteiger partial charge < -0.3 is 4.84 Å². The van der Waals surface area contributed by atoms with E-state index in [1.165, 1.54) is 0 Å². The summed E-state index contributed by atoms with van der Waals surface area (Å²) in [6.07, 6.45) is 0. The highest BCUT2D eigenvalue weighted by atomic mass is 16.7. The molecule has 0 saturated heterocycles. The van der Waals surface area contributed by atoms with Crippen molar-refractivity contribution in [1.82, 2.24) is 0 Å². The molecule has 0 fully saturated rings. The quantitative estimate of drug-likeness (QED) is 0.210. The molecule has 21 heavy (non-hydrogen) atoms. The minimum absolute atomic E-state index is 0.414. The van der Waals surface area contributed by atoms with Gasteiger partial charge in [0.25, 0.3) is 0 Å². The normalized spacial score (nSPS) is 10.6. The van der Waals surface area contributed by atoms with Crippen molar-refractivity contribution in [3.63, 3.8) is 0 Å². The first kappa shape index (κ1) is 14.3. The molecule has 6 nitrogen and oxygen atoms in total. The minimum Gasteiger partial charge on any atom is -0.313 e. The summed E-state index contributed by atoms with van der Waals surface area (Å²) >= 11 is 0. The molecule has 0 N–H and O–H groups in total. The molecular weight excluding hydrogens is 268 g/mol. The van der Waals surface area contributed by atoms with Crippen LogP contribution in [0.25, 0.3) is 10.4 Å².